The standard InChI is InChI=1S/C18H15N3O2/c22-17(21-10-9-13-5-1-4-8-16(13)21)11-23-18-14-6-2-3-7-15(14)19-12-20-18/h1-8,12H,9-11H2. The van der Waals surface area contributed by atoms with Crippen molar-refractivity contribution in [2.75, 3.05) is 18.1 Å². The molecule has 4 rings (SSSR count). The number of nitrogens with zero attached hydrogens (tertiary/aromatic N) is 3. The lowest BCUT2D eigenvalue weighted by Crippen LogP contribution is -2.33. The molecule has 0 unspecified atom stereocenters. The third kappa shape index (κ3) is 2.50. The van der Waals surface area contributed by atoms with Crippen LogP contribution in [0.5, 0.6) is 5.88 Å². The number of ether oxygens (including phenoxy) is 1. The molecule has 0 bridgehead atoms. The topological polar surface area (TPSA) is 55.3 Å². The van der Waals surface area contributed by atoms with Gasteiger partial charge in [-0.25, -0.2) is 9.97 Å². The first-order valence-electron chi connectivity index (χ1n) is 7.54. The maximum Gasteiger partial charge on any atom is 0.264 e. The maximum atomic E-state index is 12.5. The van der Waals surface area contributed by atoms with Gasteiger partial charge in [-0.05, 0) is 30.2 Å². The number of fused-ring (bicyclic) bond motifs is 2. The summed E-state index contributed by atoms with van der Waals surface area (Å²) in [6, 6.07) is 15.6. The van der Waals surface area contributed by atoms with Crippen molar-refractivity contribution in [1.29, 1.82) is 0 Å². The summed E-state index contributed by atoms with van der Waals surface area (Å²) in [6.07, 6.45) is 2.34. The van der Waals surface area contributed by atoms with E-state index in [-0.39, 0.29) is 12.5 Å². The average molecular weight is 305 g/mol. The molecule has 5 heteroatoms. The predicted octanol–water partition coefficient (Wildman–Crippen LogP) is 2.60. The van der Waals surface area contributed by atoms with Crippen LogP contribution in [-0.2, 0) is 11.2 Å². The summed E-state index contributed by atoms with van der Waals surface area (Å²) in [4.78, 5) is 22.6. The van der Waals surface area contributed by atoms with Crippen molar-refractivity contribution in [3.63, 3.8) is 0 Å². The molecule has 3 aromatic rings. The highest BCUT2D eigenvalue weighted by Gasteiger charge is 2.24. The molecule has 1 aliphatic heterocycles. The minimum atomic E-state index is -0.0577. The summed E-state index contributed by atoms with van der Waals surface area (Å²) in [5.41, 5.74) is 2.98. The molecule has 2 aromatic carbocycles. The first-order valence-corrected chi connectivity index (χ1v) is 7.54. The normalized spacial score (nSPS) is 13.1. The van der Waals surface area contributed by atoms with Crippen LogP contribution in [0.1, 0.15) is 5.56 Å². The number of carbonyl (C=O) groups excluding carboxylic acids is 1. The van der Waals surface area contributed by atoms with Gasteiger partial charge in [0.05, 0.1) is 10.9 Å². The molecular formula is C18H15N3O2. The van der Waals surface area contributed by atoms with Gasteiger partial charge in [-0.1, -0.05) is 30.3 Å². The maximum absolute atomic E-state index is 12.5. The van der Waals surface area contributed by atoms with Gasteiger partial charge in [-0.15, -0.1) is 0 Å². The molecule has 0 aliphatic carbocycles. The van der Waals surface area contributed by atoms with Gasteiger partial charge in [0.2, 0.25) is 5.88 Å². The highest BCUT2D eigenvalue weighted by molar-refractivity contribution is 5.96. The van der Waals surface area contributed by atoms with E-state index in [1.807, 2.05) is 42.5 Å². The van der Waals surface area contributed by atoms with Gasteiger partial charge in [-0.2, -0.15) is 0 Å². The zero-order valence-corrected chi connectivity index (χ0v) is 12.5. The lowest BCUT2D eigenvalue weighted by Gasteiger charge is -2.17. The number of para-hydroxylation sites is 2. The van der Waals surface area contributed by atoms with E-state index in [4.69, 9.17) is 4.74 Å². The Balaban J connectivity index is 1.52. The fourth-order valence-electron chi connectivity index (χ4n) is 2.90. The van der Waals surface area contributed by atoms with Gasteiger partial charge in [-0.3, -0.25) is 4.79 Å². The number of carbonyl (C=O) groups is 1. The number of rotatable bonds is 3. The van der Waals surface area contributed by atoms with E-state index in [2.05, 4.69) is 16.0 Å². The first kappa shape index (κ1) is 13.7. The molecule has 5 nitrogen and oxygen atoms in total. The van der Waals surface area contributed by atoms with Crippen LogP contribution in [0.15, 0.2) is 54.9 Å². The van der Waals surface area contributed by atoms with Crippen molar-refractivity contribution in [2.24, 2.45) is 0 Å². The monoisotopic (exact) mass is 305 g/mol. The summed E-state index contributed by atoms with van der Waals surface area (Å²) in [5.74, 6) is 0.383. The molecule has 0 radical (unpaired) electrons. The molecular weight excluding hydrogens is 290 g/mol. The van der Waals surface area contributed by atoms with E-state index >= 15 is 0 Å². The summed E-state index contributed by atoms with van der Waals surface area (Å²) >= 11 is 0. The molecule has 0 saturated carbocycles. The molecule has 0 saturated heterocycles. The molecule has 114 valence electrons. The summed E-state index contributed by atoms with van der Waals surface area (Å²) in [5, 5.41) is 0.810. The van der Waals surface area contributed by atoms with Crippen LogP contribution < -0.4 is 9.64 Å². The Bertz CT molecular complexity index is 874. The van der Waals surface area contributed by atoms with Crippen molar-refractivity contribution in [3.8, 4) is 5.88 Å². The zero-order chi connectivity index (χ0) is 15.6. The predicted molar refractivity (Wildman–Crippen MR) is 87.5 cm³/mol. The Hall–Kier alpha value is -2.95. The molecule has 0 spiro atoms. The molecule has 1 aliphatic rings. The molecule has 1 amide bonds. The molecule has 2 heterocycles. The van der Waals surface area contributed by atoms with Gasteiger partial charge in [0.1, 0.15) is 6.33 Å². The second kappa shape index (κ2) is 5.68. The smallest absolute Gasteiger partial charge is 0.264 e. The highest BCUT2D eigenvalue weighted by atomic mass is 16.5. The molecule has 0 N–H and O–H groups in total. The van der Waals surface area contributed by atoms with E-state index in [0.29, 0.717) is 12.4 Å². The number of amides is 1. The second-order valence-electron chi connectivity index (χ2n) is 5.41. The average Bonchev–Trinajstić information content (AvgIpc) is 3.04. The van der Waals surface area contributed by atoms with Crippen molar-refractivity contribution >= 4 is 22.5 Å². The fourth-order valence-corrected chi connectivity index (χ4v) is 2.90. The van der Waals surface area contributed by atoms with Gasteiger partial charge in [0, 0.05) is 12.2 Å². The molecule has 0 atom stereocenters. The van der Waals surface area contributed by atoms with Crippen molar-refractivity contribution in [3.05, 3.63) is 60.4 Å². The number of benzene rings is 2. The van der Waals surface area contributed by atoms with Crippen molar-refractivity contribution in [1.82, 2.24) is 9.97 Å². The molecule has 1 aromatic heterocycles. The summed E-state index contributed by atoms with van der Waals surface area (Å²) < 4.78 is 5.67. The van der Waals surface area contributed by atoms with E-state index in [1.54, 1.807) is 4.90 Å². The van der Waals surface area contributed by atoms with E-state index in [0.717, 1.165) is 23.0 Å². The van der Waals surface area contributed by atoms with Crippen LogP contribution in [-0.4, -0.2) is 29.0 Å². The second-order valence-corrected chi connectivity index (χ2v) is 5.41. The van der Waals surface area contributed by atoms with Crippen LogP contribution in [0, 0.1) is 0 Å². The number of anilines is 1. The largest absolute Gasteiger partial charge is 0.467 e. The van der Waals surface area contributed by atoms with E-state index in [9.17, 15) is 4.79 Å². The lowest BCUT2D eigenvalue weighted by atomic mass is 10.2. The van der Waals surface area contributed by atoms with Crippen LogP contribution in [0.2, 0.25) is 0 Å². The lowest BCUT2D eigenvalue weighted by molar-refractivity contribution is -0.120. The van der Waals surface area contributed by atoms with Gasteiger partial charge in [0.15, 0.2) is 6.61 Å². The van der Waals surface area contributed by atoms with Crippen LogP contribution in [0.25, 0.3) is 10.9 Å². The Kier molecular flexibility index (Phi) is 3.38. The van der Waals surface area contributed by atoms with Gasteiger partial charge >= 0.3 is 0 Å². The van der Waals surface area contributed by atoms with E-state index in [1.165, 1.54) is 11.9 Å². The number of aromatic nitrogens is 2. The van der Waals surface area contributed by atoms with Crippen LogP contribution >= 0.6 is 0 Å². The Morgan fingerprint density at radius 1 is 1.09 bits per heavy atom. The molecule has 23 heavy (non-hydrogen) atoms. The molecule has 0 fully saturated rings. The Morgan fingerprint density at radius 3 is 2.87 bits per heavy atom. The van der Waals surface area contributed by atoms with Crippen LogP contribution in [0.4, 0.5) is 5.69 Å². The Morgan fingerprint density at radius 2 is 1.91 bits per heavy atom. The Labute approximate surface area is 133 Å². The van der Waals surface area contributed by atoms with Crippen molar-refractivity contribution < 1.29 is 9.53 Å². The fraction of sp³-hybridized carbons (Fsp3) is 0.167. The SMILES string of the molecule is O=C(COc1ncnc2ccccc12)N1CCc2ccccc21. The highest BCUT2D eigenvalue weighted by Crippen LogP contribution is 2.27. The zero-order valence-electron chi connectivity index (χ0n) is 12.5. The quantitative estimate of drug-likeness (QED) is 0.746. The van der Waals surface area contributed by atoms with Crippen LogP contribution in [0.3, 0.4) is 0 Å². The number of hydrogen-bond donors (Lipinski definition) is 0. The minimum Gasteiger partial charge on any atom is -0.467 e. The minimum absolute atomic E-state index is 0.0324. The van der Waals surface area contributed by atoms with Gasteiger partial charge in [0.25, 0.3) is 5.91 Å². The van der Waals surface area contributed by atoms with E-state index < -0.39 is 0 Å². The van der Waals surface area contributed by atoms with Crippen molar-refractivity contribution in [2.45, 2.75) is 6.42 Å². The first-order chi connectivity index (χ1) is 11.3. The third-order valence-electron chi connectivity index (χ3n) is 4.03. The summed E-state index contributed by atoms with van der Waals surface area (Å²) in [7, 11) is 0. The summed E-state index contributed by atoms with van der Waals surface area (Å²) in [6.45, 7) is 0.668. The van der Waals surface area contributed by atoms with Gasteiger partial charge < -0.3 is 9.64 Å². The third-order valence-corrected chi connectivity index (χ3v) is 4.03. The number of hydrogen-bond acceptors (Lipinski definition) is 4.